The maximum absolute atomic E-state index is 12.0. The van der Waals surface area contributed by atoms with Crippen molar-refractivity contribution in [2.75, 3.05) is 33.0 Å². The zero-order valence-electron chi connectivity index (χ0n) is 26.0. The average molecular weight is 602 g/mol. The molecule has 0 aromatic heterocycles. The number of nitrogens with two attached hydrogens (primary N) is 1. The van der Waals surface area contributed by atoms with Gasteiger partial charge in [-0.3, -0.25) is 13.8 Å². The Morgan fingerprint density at radius 3 is 1.90 bits per heavy atom. The minimum atomic E-state index is -4.24. The van der Waals surface area contributed by atoms with E-state index in [4.69, 9.17) is 24.3 Å². The number of allylic oxidation sites excluding steroid dienone is 6. The van der Waals surface area contributed by atoms with Crippen molar-refractivity contribution in [3.63, 3.8) is 0 Å². The quantitative estimate of drug-likeness (QED) is 0.0365. The summed E-state index contributed by atoms with van der Waals surface area (Å²) in [5.41, 5.74) is 5.29. The minimum absolute atomic E-state index is 0.0970. The number of hydrogen-bond donors (Lipinski definition) is 2. The number of hydrogen-bond acceptors (Lipinski definition) is 7. The second kappa shape index (κ2) is 30.2. The van der Waals surface area contributed by atoms with E-state index in [0.717, 1.165) is 44.9 Å². The number of esters is 1. The number of phosphoric acid groups is 1. The molecule has 41 heavy (non-hydrogen) atoms. The fourth-order valence-electron chi connectivity index (χ4n) is 3.92. The first-order valence-electron chi connectivity index (χ1n) is 16.0. The van der Waals surface area contributed by atoms with Gasteiger partial charge in [-0.25, -0.2) is 4.57 Å². The molecule has 0 heterocycles. The van der Waals surface area contributed by atoms with Gasteiger partial charge in [-0.05, 0) is 51.4 Å². The van der Waals surface area contributed by atoms with Crippen LogP contribution in [0.2, 0.25) is 0 Å². The molecule has 240 valence electrons. The van der Waals surface area contributed by atoms with Gasteiger partial charge in [-0.1, -0.05) is 102 Å². The SMILES string of the molecule is CCCCC/C=C\C/C=C\C/C=C\CCCCCCCCCOCC(COP(=O)(O)OCCN)OC(=O)CCCC. The highest BCUT2D eigenvalue weighted by Gasteiger charge is 2.25. The third-order valence-electron chi connectivity index (χ3n) is 6.31. The molecule has 3 N–H and O–H groups in total. The Morgan fingerprint density at radius 1 is 0.732 bits per heavy atom. The molecule has 0 spiro atoms. The van der Waals surface area contributed by atoms with Crippen LogP contribution in [0.3, 0.4) is 0 Å². The van der Waals surface area contributed by atoms with Crippen LogP contribution in [0.5, 0.6) is 0 Å². The van der Waals surface area contributed by atoms with E-state index in [-0.39, 0.29) is 32.3 Å². The van der Waals surface area contributed by atoms with Crippen LogP contribution in [0.4, 0.5) is 0 Å². The van der Waals surface area contributed by atoms with Crippen LogP contribution >= 0.6 is 7.82 Å². The maximum atomic E-state index is 12.0. The first-order chi connectivity index (χ1) is 19.9. The molecule has 2 unspecified atom stereocenters. The van der Waals surface area contributed by atoms with Gasteiger partial charge in [0.2, 0.25) is 0 Å². The smallest absolute Gasteiger partial charge is 0.457 e. The van der Waals surface area contributed by atoms with Crippen LogP contribution in [0.25, 0.3) is 0 Å². The Hall–Kier alpha value is -1.28. The molecule has 0 aromatic rings. The molecule has 0 amide bonds. The van der Waals surface area contributed by atoms with Gasteiger partial charge in [-0.15, -0.1) is 0 Å². The Morgan fingerprint density at radius 2 is 1.29 bits per heavy atom. The normalized spacial score (nSPS) is 14.3. The van der Waals surface area contributed by atoms with Crippen molar-refractivity contribution in [3.05, 3.63) is 36.5 Å². The highest BCUT2D eigenvalue weighted by Crippen LogP contribution is 2.43. The van der Waals surface area contributed by atoms with Crippen molar-refractivity contribution in [1.82, 2.24) is 0 Å². The molecule has 0 aliphatic carbocycles. The van der Waals surface area contributed by atoms with Crippen LogP contribution in [0.15, 0.2) is 36.5 Å². The third kappa shape index (κ3) is 30.0. The van der Waals surface area contributed by atoms with Crippen molar-refractivity contribution in [1.29, 1.82) is 0 Å². The lowest BCUT2D eigenvalue weighted by molar-refractivity contribution is -0.154. The lowest BCUT2D eigenvalue weighted by Gasteiger charge is -2.20. The van der Waals surface area contributed by atoms with E-state index in [1.54, 1.807) is 0 Å². The molecule has 8 nitrogen and oxygen atoms in total. The van der Waals surface area contributed by atoms with Crippen molar-refractivity contribution in [3.8, 4) is 0 Å². The van der Waals surface area contributed by atoms with Crippen LogP contribution < -0.4 is 5.73 Å². The molecule has 2 atom stereocenters. The summed E-state index contributed by atoms with van der Waals surface area (Å²) in [5.74, 6) is -0.372. The minimum Gasteiger partial charge on any atom is -0.457 e. The molecular formula is C32H60NO7P. The summed E-state index contributed by atoms with van der Waals surface area (Å²) in [6.07, 6.45) is 31.2. The molecule has 0 radical (unpaired) electrons. The van der Waals surface area contributed by atoms with E-state index in [2.05, 4.69) is 43.4 Å². The first-order valence-corrected chi connectivity index (χ1v) is 17.5. The van der Waals surface area contributed by atoms with Crippen LogP contribution in [-0.2, 0) is 27.9 Å². The largest absolute Gasteiger partial charge is 0.472 e. The third-order valence-corrected chi connectivity index (χ3v) is 7.29. The number of rotatable bonds is 30. The van der Waals surface area contributed by atoms with Gasteiger partial charge < -0.3 is 20.1 Å². The zero-order valence-corrected chi connectivity index (χ0v) is 26.9. The number of carbonyl (C=O) groups excluding carboxylic acids is 1. The summed E-state index contributed by atoms with van der Waals surface area (Å²) in [6, 6.07) is 0. The number of ether oxygens (including phenoxy) is 2. The standard InChI is InChI=1S/C32H60NO7P/c1-3-5-7-8-9-10-11-12-13-14-15-16-17-18-19-20-21-22-23-24-27-37-29-31(40-32(34)25-6-4-2)30-39-41(35,36)38-28-26-33/h9-10,12-13,15-16,31H,3-8,11,14,17-30,33H2,1-2H3,(H,35,36)/b10-9-,13-12-,16-15-. The molecular weight excluding hydrogens is 541 g/mol. The molecule has 0 aliphatic rings. The summed E-state index contributed by atoms with van der Waals surface area (Å²) in [5, 5.41) is 0. The van der Waals surface area contributed by atoms with Gasteiger partial charge in [-0.2, -0.15) is 0 Å². The molecule has 0 bridgehead atoms. The van der Waals surface area contributed by atoms with E-state index in [1.165, 1.54) is 57.8 Å². The molecule has 0 rings (SSSR count). The van der Waals surface area contributed by atoms with E-state index in [9.17, 15) is 14.3 Å². The highest BCUT2D eigenvalue weighted by atomic mass is 31.2. The fourth-order valence-corrected chi connectivity index (χ4v) is 4.68. The first kappa shape index (κ1) is 39.7. The van der Waals surface area contributed by atoms with Crippen molar-refractivity contribution in [2.24, 2.45) is 5.73 Å². The summed E-state index contributed by atoms with van der Waals surface area (Å²) < 4.78 is 32.6. The van der Waals surface area contributed by atoms with E-state index in [0.29, 0.717) is 13.0 Å². The monoisotopic (exact) mass is 601 g/mol. The second-order valence-corrected chi connectivity index (χ2v) is 11.8. The fraction of sp³-hybridized carbons (Fsp3) is 0.781. The summed E-state index contributed by atoms with van der Waals surface area (Å²) >= 11 is 0. The Balaban J connectivity index is 3.83. The summed E-state index contributed by atoms with van der Waals surface area (Å²) in [7, 11) is -4.24. The zero-order chi connectivity index (χ0) is 30.3. The highest BCUT2D eigenvalue weighted by molar-refractivity contribution is 7.47. The number of phosphoric ester groups is 1. The lowest BCUT2D eigenvalue weighted by atomic mass is 10.1. The van der Waals surface area contributed by atoms with Crippen molar-refractivity contribution >= 4 is 13.8 Å². The van der Waals surface area contributed by atoms with Crippen LogP contribution in [0, 0.1) is 0 Å². The predicted molar refractivity (Wildman–Crippen MR) is 169 cm³/mol. The summed E-state index contributed by atoms with van der Waals surface area (Å²) in [6.45, 7) is 4.59. The Kier molecular flexibility index (Phi) is 29.2. The number of unbranched alkanes of at least 4 members (excludes halogenated alkanes) is 11. The molecule has 0 fully saturated rings. The maximum Gasteiger partial charge on any atom is 0.472 e. The average Bonchev–Trinajstić information content (AvgIpc) is 2.96. The second-order valence-electron chi connectivity index (χ2n) is 10.3. The van der Waals surface area contributed by atoms with Crippen LogP contribution in [0.1, 0.15) is 123 Å². The summed E-state index contributed by atoms with van der Waals surface area (Å²) in [4.78, 5) is 21.7. The van der Waals surface area contributed by atoms with Crippen molar-refractivity contribution in [2.45, 2.75) is 129 Å². The van der Waals surface area contributed by atoms with Gasteiger partial charge in [0.05, 0.1) is 19.8 Å². The van der Waals surface area contributed by atoms with Crippen molar-refractivity contribution < 1.29 is 32.8 Å². The Bertz CT molecular complexity index is 727. The van der Waals surface area contributed by atoms with E-state index >= 15 is 0 Å². The van der Waals surface area contributed by atoms with Gasteiger partial charge in [0, 0.05) is 19.6 Å². The predicted octanol–water partition coefficient (Wildman–Crippen LogP) is 8.35. The number of carbonyl (C=O) groups is 1. The lowest BCUT2D eigenvalue weighted by Crippen LogP contribution is -2.28. The molecule has 9 heteroatoms. The van der Waals surface area contributed by atoms with Gasteiger partial charge in [0.15, 0.2) is 0 Å². The molecule has 0 aromatic carbocycles. The Labute approximate surface area is 250 Å². The topological polar surface area (TPSA) is 117 Å². The van der Waals surface area contributed by atoms with Gasteiger partial charge in [0.25, 0.3) is 0 Å². The van der Waals surface area contributed by atoms with Gasteiger partial charge >= 0.3 is 13.8 Å². The molecule has 0 saturated carbocycles. The van der Waals surface area contributed by atoms with E-state index < -0.39 is 13.9 Å². The van der Waals surface area contributed by atoms with Gasteiger partial charge in [0.1, 0.15) is 6.10 Å². The molecule has 0 saturated heterocycles. The molecule has 0 aliphatic heterocycles. The van der Waals surface area contributed by atoms with E-state index in [1.807, 2.05) is 6.92 Å². The van der Waals surface area contributed by atoms with Crippen LogP contribution in [-0.4, -0.2) is 49.9 Å².